The average molecular weight is 327 g/mol. The number of halogens is 1. The Morgan fingerprint density at radius 2 is 1.78 bits per heavy atom. The van der Waals surface area contributed by atoms with Gasteiger partial charge in [0.2, 0.25) is 0 Å². The highest BCUT2D eigenvalue weighted by molar-refractivity contribution is 6.34. The van der Waals surface area contributed by atoms with Gasteiger partial charge < -0.3 is 10.4 Å². The Hall–Kier alpha value is -2.10. The van der Waals surface area contributed by atoms with Gasteiger partial charge in [0, 0.05) is 24.5 Å². The molecule has 0 radical (unpaired) electrons. The summed E-state index contributed by atoms with van der Waals surface area (Å²) in [4.78, 5) is 4.42. The molecule has 0 fully saturated rings. The van der Waals surface area contributed by atoms with E-state index < -0.39 is 0 Å². The Kier molecular flexibility index (Phi) is 5.11. The van der Waals surface area contributed by atoms with Gasteiger partial charge in [0.05, 0.1) is 0 Å². The molecule has 3 aromatic rings. The molecular weight excluding hydrogens is 308 g/mol. The van der Waals surface area contributed by atoms with E-state index in [9.17, 15) is 5.11 Å². The topological polar surface area (TPSA) is 45.1 Å². The molecule has 0 saturated carbocycles. The largest absolute Gasteiger partial charge is 0.396 e. The second kappa shape index (κ2) is 7.44. The first-order chi connectivity index (χ1) is 11.3. The fraction of sp³-hybridized carbons (Fsp3) is 0.211. The van der Waals surface area contributed by atoms with E-state index in [-0.39, 0.29) is 12.5 Å². The number of aliphatic hydroxyl groups excluding tert-OH is 1. The van der Waals surface area contributed by atoms with Crippen molar-refractivity contribution in [2.75, 3.05) is 18.5 Å². The zero-order chi connectivity index (χ0) is 16.1. The van der Waals surface area contributed by atoms with Crippen LogP contribution in [0.3, 0.4) is 0 Å². The lowest BCUT2D eigenvalue weighted by Crippen LogP contribution is -2.15. The summed E-state index contributed by atoms with van der Waals surface area (Å²) >= 11 is 6.26. The highest BCUT2D eigenvalue weighted by Gasteiger charge is 2.11. The Morgan fingerprint density at radius 3 is 2.57 bits per heavy atom. The minimum Gasteiger partial charge on any atom is -0.396 e. The number of fused-ring (bicyclic) bond motifs is 1. The molecule has 1 heterocycles. The lowest BCUT2D eigenvalue weighted by atomic mass is 9.96. The monoisotopic (exact) mass is 326 g/mol. The summed E-state index contributed by atoms with van der Waals surface area (Å²) in [5.74, 6) is 0.987. The molecular formula is C19H19ClN2O. The number of pyridine rings is 1. The predicted octanol–water partition coefficient (Wildman–Crippen LogP) is 4.47. The number of hydrogen-bond donors (Lipinski definition) is 2. The Morgan fingerprint density at radius 1 is 1.04 bits per heavy atom. The van der Waals surface area contributed by atoms with Crippen LogP contribution in [0.5, 0.6) is 0 Å². The number of anilines is 1. The molecule has 0 aliphatic rings. The first kappa shape index (κ1) is 15.8. The molecule has 3 rings (SSSR count). The van der Waals surface area contributed by atoms with E-state index in [0.717, 1.165) is 16.6 Å². The molecule has 1 atom stereocenters. The third-order valence-corrected chi connectivity index (χ3v) is 4.26. The second-order valence-corrected chi connectivity index (χ2v) is 5.88. The smallest absolute Gasteiger partial charge is 0.139 e. The van der Waals surface area contributed by atoms with Gasteiger partial charge in [-0.15, -0.1) is 0 Å². The molecule has 118 valence electrons. The summed E-state index contributed by atoms with van der Waals surface area (Å²) < 4.78 is 0. The summed E-state index contributed by atoms with van der Waals surface area (Å²) in [5, 5.41) is 15.2. The molecule has 3 nitrogen and oxygen atoms in total. The van der Waals surface area contributed by atoms with Crippen LogP contribution in [0.4, 0.5) is 5.82 Å². The van der Waals surface area contributed by atoms with Crippen molar-refractivity contribution >= 4 is 28.2 Å². The fourth-order valence-electron chi connectivity index (χ4n) is 2.74. The second-order valence-electron chi connectivity index (χ2n) is 5.52. The van der Waals surface area contributed by atoms with Crippen LogP contribution in [0, 0.1) is 0 Å². The molecule has 4 heteroatoms. The van der Waals surface area contributed by atoms with Gasteiger partial charge in [0.1, 0.15) is 11.0 Å². The van der Waals surface area contributed by atoms with Crippen molar-refractivity contribution in [3.8, 4) is 0 Å². The van der Waals surface area contributed by atoms with Crippen LogP contribution in [-0.4, -0.2) is 23.2 Å². The molecule has 0 bridgehead atoms. The molecule has 1 aromatic heterocycles. The standard InChI is InChI=1S/C19H19ClN2O/c20-19-17-9-5-4-8-15(17)12-18(22-19)21-13-16(10-11-23)14-6-2-1-3-7-14/h1-9,12,16,23H,10-11,13H2,(H,21,22). The van der Waals surface area contributed by atoms with Crippen LogP contribution < -0.4 is 5.32 Å². The summed E-state index contributed by atoms with van der Waals surface area (Å²) in [7, 11) is 0. The van der Waals surface area contributed by atoms with Gasteiger partial charge in [-0.3, -0.25) is 0 Å². The lowest BCUT2D eigenvalue weighted by molar-refractivity contribution is 0.277. The molecule has 2 N–H and O–H groups in total. The van der Waals surface area contributed by atoms with Crippen molar-refractivity contribution in [1.29, 1.82) is 0 Å². The zero-order valence-corrected chi connectivity index (χ0v) is 13.5. The van der Waals surface area contributed by atoms with Gasteiger partial charge in [-0.2, -0.15) is 0 Å². The number of nitrogens with zero attached hydrogens (tertiary/aromatic N) is 1. The van der Waals surface area contributed by atoms with E-state index in [2.05, 4.69) is 22.4 Å². The van der Waals surface area contributed by atoms with Gasteiger partial charge >= 0.3 is 0 Å². The number of aromatic nitrogens is 1. The van der Waals surface area contributed by atoms with E-state index in [1.807, 2.05) is 48.5 Å². The van der Waals surface area contributed by atoms with Crippen LogP contribution in [0.2, 0.25) is 5.15 Å². The SMILES string of the molecule is OCCC(CNc1cc2ccccc2c(Cl)n1)c1ccccc1. The van der Waals surface area contributed by atoms with Crippen LogP contribution in [0.25, 0.3) is 10.8 Å². The molecule has 23 heavy (non-hydrogen) atoms. The van der Waals surface area contributed by atoms with Gasteiger partial charge in [-0.05, 0) is 23.4 Å². The van der Waals surface area contributed by atoms with Crippen LogP contribution in [0.1, 0.15) is 17.9 Å². The first-order valence-electron chi connectivity index (χ1n) is 7.73. The molecule has 0 amide bonds. The van der Waals surface area contributed by atoms with E-state index >= 15 is 0 Å². The Labute approximate surface area is 140 Å². The Balaban J connectivity index is 1.78. The minimum absolute atomic E-state index is 0.160. The summed E-state index contributed by atoms with van der Waals surface area (Å²) in [6.45, 7) is 0.861. The Bertz CT molecular complexity index is 777. The van der Waals surface area contributed by atoms with E-state index in [4.69, 9.17) is 11.6 Å². The highest BCUT2D eigenvalue weighted by atomic mass is 35.5. The average Bonchev–Trinajstić information content (AvgIpc) is 2.59. The molecule has 0 aliphatic carbocycles. The van der Waals surface area contributed by atoms with Crippen molar-refractivity contribution < 1.29 is 5.11 Å². The number of hydrogen-bond acceptors (Lipinski definition) is 3. The van der Waals surface area contributed by atoms with Crippen molar-refractivity contribution in [3.05, 3.63) is 71.4 Å². The predicted molar refractivity (Wildman–Crippen MR) is 96.1 cm³/mol. The van der Waals surface area contributed by atoms with Crippen LogP contribution >= 0.6 is 11.6 Å². The van der Waals surface area contributed by atoms with Crippen molar-refractivity contribution in [1.82, 2.24) is 4.98 Å². The lowest BCUT2D eigenvalue weighted by Gasteiger charge is -2.18. The third-order valence-electron chi connectivity index (χ3n) is 3.97. The summed E-state index contributed by atoms with van der Waals surface area (Å²) in [6.07, 6.45) is 0.707. The zero-order valence-electron chi connectivity index (χ0n) is 12.7. The summed E-state index contributed by atoms with van der Waals surface area (Å²) in [6, 6.07) is 20.1. The van der Waals surface area contributed by atoms with E-state index in [1.54, 1.807) is 0 Å². The molecule has 2 aromatic carbocycles. The molecule has 0 saturated heterocycles. The number of rotatable bonds is 6. The van der Waals surface area contributed by atoms with Crippen LogP contribution in [0.15, 0.2) is 60.7 Å². The fourth-order valence-corrected chi connectivity index (χ4v) is 3.01. The maximum atomic E-state index is 9.32. The van der Waals surface area contributed by atoms with Gasteiger partial charge in [0.25, 0.3) is 0 Å². The van der Waals surface area contributed by atoms with Gasteiger partial charge in [0.15, 0.2) is 0 Å². The van der Waals surface area contributed by atoms with Crippen molar-refractivity contribution in [2.24, 2.45) is 0 Å². The third kappa shape index (κ3) is 3.81. The van der Waals surface area contributed by atoms with Crippen LogP contribution in [-0.2, 0) is 0 Å². The molecule has 0 aliphatic heterocycles. The maximum Gasteiger partial charge on any atom is 0.139 e. The van der Waals surface area contributed by atoms with Gasteiger partial charge in [-0.25, -0.2) is 4.98 Å². The normalized spacial score (nSPS) is 12.3. The summed E-state index contributed by atoms with van der Waals surface area (Å²) in [5.41, 5.74) is 1.21. The first-order valence-corrected chi connectivity index (χ1v) is 8.10. The quantitative estimate of drug-likeness (QED) is 0.657. The number of benzene rings is 2. The van der Waals surface area contributed by atoms with E-state index in [1.165, 1.54) is 5.56 Å². The van der Waals surface area contributed by atoms with Crippen molar-refractivity contribution in [2.45, 2.75) is 12.3 Å². The number of nitrogens with one attached hydrogen (secondary N) is 1. The maximum absolute atomic E-state index is 9.32. The molecule has 1 unspecified atom stereocenters. The highest BCUT2D eigenvalue weighted by Crippen LogP contribution is 2.25. The minimum atomic E-state index is 0.160. The van der Waals surface area contributed by atoms with E-state index in [0.29, 0.717) is 18.1 Å². The molecule has 0 spiro atoms. The number of aliphatic hydroxyl groups is 1. The van der Waals surface area contributed by atoms with Gasteiger partial charge in [-0.1, -0.05) is 66.2 Å². The van der Waals surface area contributed by atoms with Crippen molar-refractivity contribution in [3.63, 3.8) is 0 Å².